The van der Waals surface area contributed by atoms with Gasteiger partial charge in [-0.3, -0.25) is 15.5 Å². The zero-order valence-corrected chi connectivity index (χ0v) is 9.20. The summed E-state index contributed by atoms with van der Waals surface area (Å²) in [6, 6.07) is -0.576. The van der Waals surface area contributed by atoms with E-state index < -0.39 is 17.5 Å². The molecule has 0 spiro atoms. The standard InChI is InChI=1S/C9H15N5O2/c1-3-6(14(2)5-11)9(4-10)7(15)12-8(16)13-9/h3,5,11H,4,10H2,1-2H3,(H2,12,13,15,16)/b6-3-,11-5?. The monoisotopic (exact) mass is 225 g/mol. The number of nitrogens with one attached hydrogen (secondary N) is 3. The molecule has 0 radical (unpaired) electrons. The number of likely N-dealkylation sites (N-methyl/N-ethyl adjacent to an activating group) is 1. The van der Waals surface area contributed by atoms with Crippen LogP contribution < -0.4 is 16.4 Å². The molecule has 0 aliphatic carbocycles. The molecule has 1 atom stereocenters. The number of hydrogen-bond donors (Lipinski definition) is 4. The third-order valence-corrected chi connectivity index (χ3v) is 2.53. The molecular formula is C9H15N5O2. The van der Waals surface area contributed by atoms with Gasteiger partial charge in [0.1, 0.15) is 0 Å². The number of amides is 3. The minimum absolute atomic E-state index is 0.0670. The number of imide groups is 1. The fourth-order valence-corrected chi connectivity index (χ4v) is 1.74. The van der Waals surface area contributed by atoms with Crippen LogP contribution in [0.25, 0.3) is 0 Å². The molecule has 1 rings (SSSR count). The second kappa shape index (κ2) is 4.31. The van der Waals surface area contributed by atoms with Gasteiger partial charge in [0.05, 0.1) is 12.0 Å². The van der Waals surface area contributed by atoms with Gasteiger partial charge >= 0.3 is 6.03 Å². The maximum absolute atomic E-state index is 11.7. The molecule has 7 nitrogen and oxygen atoms in total. The molecule has 0 aromatic rings. The Bertz CT molecular complexity index is 365. The van der Waals surface area contributed by atoms with E-state index in [4.69, 9.17) is 11.1 Å². The Morgan fingerprint density at radius 2 is 2.25 bits per heavy atom. The van der Waals surface area contributed by atoms with Crippen LogP contribution in [0.5, 0.6) is 0 Å². The summed E-state index contributed by atoms with van der Waals surface area (Å²) >= 11 is 0. The summed E-state index contributed by atoms with van der Waals surface area (Å²) in [5, 5.41) is 11.8. The summed E-state index contributed by atoms with van der Waals surface area (Å²) in [7, 11) is 1.61. The van der Waals surface area contributed by atoms with Crippen molar-refractivity contribution in [3.63, 3.8) is 0 Å². The van der Waals surface area contributed by atoms with Gasteiger partial charge in [-0.25, -0.2) is 4.79 Å². The zero-order chi connectivity index (χ0) is 12.3. The highest BCUT2D eigenvalue weighted by molar-refractivity contribution is 6.09. The van der Waals surface area contributed by atoms with Crippen LogP contribution in [0.1, 0.15) is 6.92 Å². The van der Waals surface area contributed by atoms with E-state index in [1.165, 1.54) is 4.90 Å². The fraction of sp³-hybridized carbons (Fsp3) is 0.444. The minimum atomic E-state index is -1.28. The third-order valence-electron chi connectivity index (χ3n) is 2.53. The molecule has 0 aromatic heterocycles. The number of rotatable bonds is 4. The summed E-state index contributed by atoms with van der Waals surface area (Å²) in [4.78, 5) is 24.3. The molecule has 88 valence electrons. The van der Waals surface area contributed by atoms with Crippen molar-refractivity contribution in [2.24, 2.45) is 5.73 Å². The van der Waals surface area contributed by atoms with Crippen LogP contribution in [-0.4, -0.2) is 42.3 Å². The highest BCUT2D eigenvalue weighted by Crippen LogP contribution is 2.21. The third kappa shape index (κ3) is 1.65. The molecule has 16 heavy (non-hydrogen) atoms. The Labute approximate surface area is 93.2 Å². The van der Waals surface area contributed by atoms with E-state index in [9.17, 15) is 9.59 Å². The van der Waals surface area contributed by atoms with Gasteiger partial charge < -0.3 is 16.0 Å². The summed E-state index contributed by atoms with van der Waals surface area (Å²) in [5.41, 5.74) is 4.76. The number of hydrogen-bond acceptors (Lipinski definition) is 4. The van der Waals surface area contributed by atoms with Crippen molar-refractivity contribution in [1.29, 1.82) is 5.41 Å². The van der Waals surface area contributed by atoms with E-state index >= 15 is 0 Å². The van der Waals surface area contributed by atoms with Crippen LogP contribution in [0.3, 0.4) is 0 Å². The van der Waals surface area contributed by atoms with Crippen LogP contribution in [0, 0.1) is 5.41 Å². The van der Waals surface area contributed by atoms with Crippen molar-refractivity contribution >= 4 is 18.3 Å². The first kappa shape index (κ1) is 12.2. The molecule has 0 saturated carbocycles. The summed E-state index contributed by atoms with van der Waals surface area (Å²) in [6.45, 7) is 1.65. The molecule has 1 heterocycles. The van der Waals surface area contributed by atoms with Gasteiger partial charge in [-0.15, -0.1) is 0 Å². The highest BCUT2D eigenvalue weighted by Gasteiger charge is 2.49. The number of nitrogens with zero attached hydrogens (tertiary/aromatic N) is 1. The number of carbonyl (C=O) groups is 2. The highest BCUT2D eigenvalue weighted by atomic mass is 16.2. The number of carbonyl (C=O) groups excluding carboxylic acids is 2. The average Bonchev–Trinajstić information content (AvgIpc) is 2.55. The van der Waals surface area contributed by atoms with Gasteiger partial charge in [0.15, 0.2) is 5.54 Å². The van der Waals surface area contributed by atoms with Crippen LogP contribution in [-0.2, 0) is 4.79 Å². The smallest absolute Gasteiger partial charge is 0.322 e. The molecular weight excluding hydrogens is 210 g/mol. The number of urea groups is 1. The molecule has 1 unspecified atom stereocenters. The topological polar surface area (TPSA) is 111 Å². The van der Waals surface area contributed by atoms with Gasteiger partial charge in [-0.2, -0.15) is 0 Å². The maximum atomic E-state index is 11.7. The number of allylic oxidation sites excluding steroid dienone is 1. The van der Waals surface area contributed by atoms with E-state index in [0.29, 0.717) is 5.70 Å². The average molecular weight is 225 g/mol. The molecule has 0 aromatic carbocycles. The Morgan fingerprint density at radius 1 is 1.62 bits per heavy atom. The molecule has 7 heteroatoms. The first-order valence-electron chi connectivity index (χ1n) is 4.75. The van der Waals surface area contributed by atoms with E-state index in [2.05, 4.69) is 10.6 Å². The predicted molar refractivity (Wildman–Crippen MR) is 58.8 cm³/mol. The summed E-state index contributed by atoms with van der Waals surface area (Å²) < 4.78 is 0. The first-order chi connectivity index (χ1) is 7.51. The Balaban J connectivity index is 3.18. The van der Waals surface area contributed by atoms with Gasteiger partial charge in [-0.1, -0.05) is 6.08 Å². The normalized spacial score (nSPS) is 25.1. The molecule has 1 saturated heterocycles. The van der Waals surface area contributed by atoms with E-state index in [0.717, 1.165) is 6.34 Å². The second-order valence-electron chi connectivity index (χ2n) is 3.43. The summed E-state index contributed by atoms with van der Waals surface area (Å²) in [6.07, 6.45) is 2.69. The lowest BCUT2D eigenvalue weighted by Crippen LogP contribution is -2.57. The maximum Gasteiger partial charge on any atom is 0.322 e. The lowest BCUT2D eigenvalue weighted by atomic mass is 9.94. The van der Waals surface area contributed by atoms with Crippen molar-refractivity contribution < 1.29 is 9.59 Å². The predicted octanol–water partition coefficient (Wildman–Crippen LogP) is -1.03. The lowest BCUT2D eigenvalue weighted by Gasteiger charge is -2.31. The van der Waals surface area contributed by atoms with Crippen molar-refractivity contribution in [2.75, 3.05) is 13.6 Å². The van der Waals surface area contributed by atoms with Gasteiger partial charge in [0.25, 0.3) is 5.91 Å². The molecule has 1 fully saturated rings. The fourth-order valence-electron chi connectivity index (χ4n) is 1.74. The van der Waals surface area contributed by atoms with Crippen molar-refractivity contribution in [3.8, 4) is 0 Å². The Kier molecular flexibility index (Phi) is 3.28. The molecule has 5 N–H and O–H groups in total. The van der Waals surface area contributed by atoms with Crippen molar-refractivity contribution in [3.05, 3.63) is 11.8 Å². The quantitative estimate of drug-likeness (QED) is 0.278. The van der Waals surface area contributed by atoms with Crippen LogP contribution in [0.4, 0.5) is 4.79 Å². The Hall–Kier alpha value is -1.89. The molecule has 0 bridgehead atoms. The van der Waals surface area contributed by atoms with Crippen LogP contribution in [0.15, 0.2) is 11.8 Å². The molecule has 1 aliphatic rings. The van der Waals surface area contributed by atoms with Gasteiger partial charge in [0.2, 0.25) is 0 Å². The lowest BCUT2D eigenvalue weighted by molar-refractivity contribution is -0.122. The number of nitrogens with two attached hydrogens (primary N) is 1. The molecule has 3 amide bonds. The SMILES string of the molecule is C/C=C(\N(C)C=N)C1(CN)NC(=O)NC1=O. The Morgan fingerprint density at radius 3 is 2.56 bits per heavy atom. The summed E-state index contributed by atoms with van der Waals surface area (Å²) in [5.74, 6) is -0.498. The van der Waals surface area contributed by atoms with Crippen molar-refractivity contribution in [2.45, 2.75) is 12.5 Å². The van der Waals surface area contributed by atoms with Crippen LogP contribution in [0.2, 0.25) is 0 Å². The van der Waals surface area contributed by atoms with Gasteiger partial charge in [0, 0.05) is 13.6 Å². The van der Waals surface area contributed by atoms with E-state index in [1.807, 2.05) is 0 Å². The molecule has 1 aliphatic heterocycles. The van der Waals surface area contributed by atoms with E-state index in [1.54, 1.807) is 20.0 Å². The second-order valence-corrected chi connectivity index (χ2v) is 3.43. The largest absolute Gasteiger partial charge is 0.337 e. The zero-order valence-electron chi connectivity index (χ0n) is 9.20. The first-order valence-corrected chi connectivity index (χ1v) is 4.75. The minimum Gasteiger partial charge on any atom is -0.337 e. The van der Waals surface area contributed by atoms with E-state index in [-0.39, 0.29) is 6.54 Å². The van der Waals surface area contributed by atoms with Crippen molar-refractivity contribution in [1.82, 2.24) is 15.5 Å². The van der Waals surface area contributed by atoms with Crippen LogP contribution >= 0.6 is 0 Å². The van der Waals surface area contributed by atoms with Gasteiger partial charge in [-0.05, 0) is 6.92 Å².